The predicted octanol–water partition coefficient (Wildman–Crippen LogP) is 2.92. The first-order chi connectivity index (χ1) is 19.1. The number of benzene rings is 1. The topological polar surface area (TPSA) is 137 Å². The molecule has 200 valence electrons. The quantitative estimate of drug-likeness (QED) is 0.259. The number of hydrogen-bond acceptors (Lipinski definition) is 9. The van der Waals surface area contributed by atoms with E-state index in [9.17, 15) is 4.79 Å². The maximum absolute atomic E-state index is 12.4. The van der Waals surface area contributed by atoms with E-state index >= 15 is 0 Å². The smallest absolute Gasteiger partial charge is 0.251 e. The zero-order chi connectivity index (χ0) is 27.2. The van der Waals surface area contributed by atoms with Crippen molar-refractivity contribution < 1.29 is 14.3 Å². The highest BCUT2D eigenvalue weighted by Crippen LogP contribution is 2.29. The second-order valence-corrected chi connectivity index (χ2v) is 10.5. The Balaban J connectivity index is 1.32. The minimum Gasteiger partial charge on any atom is -0.470 e. The van der Waals surface area contributed by atoms with E-state index in [2.05, 4.69) is 43.2 Å². The lowest BCUT2D eigenvalue weighted by atomic mass is 9.95. The molecule has 1 aromatic carbocycles. The molecule has 10 nitrogen and oxygen atoms in total. The van der Waals surface area contributed by atoms with E-state index in [0.717, 1.165) is 49.1 Å². The summed E-state index contributed by atoms with van der Waals surface area (Å²) in [6, 6.07) is 14.3. The van der Waals surface area contributed by atoms with E-state index in [0.29, 0.717) is 31.2 Å². The van der Waals surface area contributed by atoms with Crippen LogP contribution in [0, 0.1) is 0 Å². The molecular formula is C28H31N7O3Si. The van der Waals surface area contributed by atoms with Gasteiger partial charge in [0.2, 0.25) is 5.88 Å². The van der Waals surface area contributed by atoms with Gasteiger partial charge in [0, 0.05) is 64.5 Å². The predicted molar refractivity (Wildman–Crippen MR) is 151 cm³/mol. The van der Waals surface area contributed by atoms with Gasteiger partial charge in [0.1, 0.15) is 18.2 Å². The summed E-state index contributed by atoms with van der Waals surface area (Å²) >= 11 is 0. The molecule has 0 spiro atoms. The van der Waals surface area contributed by atoms with Crippen LogP contribution in [0.5, 0.6) is 5.88 Å². The highest BCUT2D eigenvalue weighted by atomic mass is 28.2. The molecule has 5 rings (SSSR count). The van der Waals surface area contributed by atoms with Gasteiger partial charge in [-0.15, -0.1) is 0 Å². The van der Waals surface area contributed by atoms with Crippen molar-refractivity contribution in [1.29, 1.82) is 0 Å². The van der Waals surface area contributed by atoms with Gasteiger partial charge in [-0.2, -0.15) is 0 Å². The third kappa shape index (κ3) is 6.05. The number of para-hydroxylation sites is 1. The van der Waals surface area contributed by atoms with Crippen molar-refractivity contribution in [2.75, 3.05) is 32.1 Å². The van der Waals surface area contributed by atoms with Crippen LogP contribution in [-0.4, -0.2) is 74.3 Å². The number of hydrogen-bond donors (Lipinski definition) is 3. The molecule has 0 saturated carbocycles. The number of anilines is 1. The van der Waals surface area contributed by atoms with Crippen LogP contribution in [0.3, 0.4) is 0 Å². The summed E-state index contributed by atoms with van der Waals surface area (Å²) < 4.78 is 11.2. The lowest BCUT2D eigenvalue weighted by Crippen LogP contribution is -2.37. The summed E-state index contributed by atoms with van der Waals surface area (Å²) in [5, 5.41) is 7.06. The number of nitrogens with two attached hydrogens (primary N) is 1. The number of amides is 1. The minimum absolute atomic E-state index is 0.120. The van der Waals surface area contributed by atoms with Crippen molar-refractivity contribution in [3.05, 3.63) is 72.3 Å². The molecule has 39 heavy (non-hydrogen) atoms. The van der Waals surface area contributed by atoms with E-state index in [1.807, 2.05) is 30.3 Å². The number of aromatic nitrogens is 4. The van der Waals surface area contributed by atoms with Crippen LogP contribution in [-0.2, 0) is 4.74 Å². The zero-order valence-corrected chi connectivity index (χ0v) is 22.9. The van der Waals surface area contributed by atoms with Crippen molar-refractivity contribution in [2.24, 2.45) is 5.73 Å². The van der Waals surface area contributed by atoms with E-state index in [1.165, 1.54) is 0 Å². The first kappa shape index (κ1) is 26.7. The molecule has 4 N–H and O–H groups in total. The molecule has 1 saturated heterocycles. The van der Waals surface area contributed by atoms with Crippen LogP contribution < -0.4 is 21.1 Å². The summed E-state index contributed by atoms with van der Waals surface area (Å²) in [5.41, 5.74) is 10.2. The second kappa shape index (κ2) is 12.3. The van der Waals surface area contributed by atoms with Gasteiger partial charge >= 0.3 is 0 Å². The van der Waals surface area contributed by atoms with Crippen LogP contribution in [0.1, 0.15) is 21.8 Å². The standard InChI is InChI=1S/C28H31N7O3Si/c1-30-28(36)21-8-9-31-27-19(4-3-5-20(21)27)18(15-39-2)12-32-25-10-23(34-16-35-25)17-6-7-26(33-11-17)38-24-14-37-13-22(24)29/h3-11,16,18,22,24H,12-15,29H2,1-2H3,(H,30,36)(H,32,34,35). The SMILES string of the molecule is CNC(=O)c1ccnc2c(C(CNc3cc(-c4ccc(OC5COCC5N)nc4)ncn3)C[Si]C)cccc12. The van der Waals surface area contributed by atoms with Crippen LogP contribution >= 0.6 is 0 Å². The Kier molecular flexibility index (Phi) is 8.40. The van der Waals surface area contributed by atoms with E-state index in [-0.39, 0.29) is 24.0 Å². The Morgan fingerprint density at radius 1 is 1.18 bits per heavy atom. The van der Waals surface area contributed by atoms with E-state index in [4.69, 9.17) is 15.2 Å². The van der Waals surface area contributed by atoms with Gasteiger partial charge in [-0.05, 0) is 17.7 Å². The van der Waals surface area contributed by atoms with Gasteiger partial charge in [0.15, 0.2) is 0 Å². The number of carbonyl (C=O) groups excluding carboxylic acids is 1. The highest BCUT2D eigenvalue weighted by molar-refractivity contribution is 6.33. The number of rotatable bonds is 10. The highest BCUT2D eigenvalue weighted by Gasteiger charge is 2.27. The largest absolute Gasteiger partial charge is 0.470 e. The maximum atomic E-state index is 12.4. The third-order valence-corrected chi connectivity index (χ3v) is 7.64. The number of nitrogens with one attached hydrogen (secondary N) is 2. The molecule has 3 aromatic heterocycles. The molecule has 1 aliphatic rings. The first-order valence-corrected chi connectivity index (χ1v) is 14.5. The molecule has 3 unspecified atom stereocenters. The van der Waals surface area contributed by atoms with Crippen molar-refractivity contribution in [3.8, 4) is 17.1 Å². The normalized spacial score (nSPS) is 17.6. The fourth-order valence-corrected chi connectivity index (χ4v) is 5.53. The Morgan fingerprint density at radius 2 is 2.08 bits per heavy atom. The fourth-order valence-electron chi connectivity index (χ4n) is 4.67. The first-order valence-electron chi connectivity index (χ1n) is 12.8. The van der Waals surface area contributed by atoms with Gasteiger partial charge in [0.05, 0.1) is 36.0 Å². The Bertz CT molecular complexity index is 1440. The van der Waals surface area contributed by atoms with Gasteiger partial charge in [-0.1, -0.05) is 30.8 Å². The summed E-state index contributed by atoms with van der Waals surface area (Å²) in [5.74, 6) is 1.29. The summed E-state index contributed by atoms with van der Waals surface area (Å²) in [4.78, 5) is 30.4. The monoisotopic (exact) mass is 541 g/mol. The zero-order valence-electron chi connectivity index (χ0n) is 21.9. The lowest BCUT2D eigenvalue weighted by molar-refractivity contribution is 0.0964. The summed E-state index contributed by atoms with van der Waals surface area (Å²) in [6.07, 6.45) is 4.78. The molecule has 1 amide bonds. The molecule has 4 heterocycles. The van der Waals surface area contributed by atoms with Gasteiger partial charge in [-0.25, -0.2) is 15.0 Å². The van der Waals surface area contributed by atoms with E-state index in [1.54, 1.807) is 31.8 Å². The van der Waals surface area contributed by atoms with Crippen LogP contribution in [0.2, 0.25) is 12.6 Å². The van der Waals surface area contributed by atoms with Crippen LogP contribution in [0.4, 0.5) is 5.82 Å². The number of ether oxygens (including phenoxy) is 2. The molecule has 1 fully saturated rings. The van der Waals surface area contributed by atoms with Gasteiger partial charge in [0.25, 0.3) is 5.91 Å². The maximum Gasteiger partial charge on any atom is 0.251 e. The van der Waals surface area contributed by atoms with Gasteiger partial charge < -0.3 is 25.8 Å². The molecule has 4 aromatic rings. The number of carbonyl (C=O) groups is 1. The van der Waals surface area contributed by atoms with Crippen molar-refractivity contribution in [1.82, 2.24) is 25.3 Å². The molecule has 1 aliphatic heterocycles. The number of nitrogens with zero attached hydrogens (tertiary/aromatic N) is 4. The summed E-state index contributed by atoms with van der Waals surface area (Å²) in [7, 11) is 2.39. The van der Waals surface area contributed by atoms with Crippen LogP contribution in [0.25, 0.3) is 22.2 Å². The molecule has 0 aliphatic carbocycles. The molecule has 0 bridgehead atoms. The Labute approximate surface area is 229 Å². The molecule has 11 heteroatoms. The minimum atomic E-state index is -0.192. The molecular weight excluding hydrogens is 510 g/mol. The fraction of sp³-hybridized carbons (Fsp3) is 0.321. The lowest BCUT2D eigenvalue weighted by Gasteiger charge is -2.20. The Hall–Kier alpha value is -3.93. The summed E-state index contributed by atoms with van der Waals surface area (Å²) in [6.45, 7) is 3.82. The second-order valence-electron chi connectivity index (χ2n) is 9.35. The number of fused-ring (bicyclic) bond motifs is 1. The van der Waals surface area contributed by atoms with Crippen molar-refractivity contribution in [2.45, 2.75) is 30.7 Å². The average Bonchev–Trinajstić information content (AvgIpc) is 3.38. The van der Waals surface area contributed by atoms with Crippen molar-refractivity contribution in [3.63, 3.8) is 0 Å². The van der Waals surface area contributed by atoms with Crippen LogP contribution in [0.15, 0.2) is 61.2 Å². The van der Waals surface area contributed by atoms with Gasteiger partial charge in [-0.3, -0.25) is 9.78 Å². The third-order valence-electron chi connectivity index (χ3n) is 6.74. The van der Waals surface area contributed by atoms with E-state index < -0.39 is 0 Å². The number of pyridine rings is 2. The van der Waals surface area contributed by atoms with Crippen molar-refractivity contribution >= 4 is 32.1 Å². The molecule has 3 atom stereocenters. The average molecular weight is 542 g/mol. The Morgan fingerprint density at radius 3 is 2.82 bits per heavy atom. The molecule has 2 radical (unpaired) electrons.